The second-order valence-electron chi connectivity index (χ2n) is 6.77. The Morgan fingerprint density at radius 2 is 1.24 bits per heavy atom. The molecule has 0 saturated carbocycles. The number of ether oxygens (including phenoxy) is 2. The molecule has 2 rings (SSSR count). The van der Waals surface area contributed by atoms with Crippen LogP contribution in [-0.4, -0.2) is 53.1 Å². The van der Waals surface area contributed by atoms with Crippen LogP contribution in [0.3, 0.4) is 0 Å². The second kappa shape index (κ2) is 15.1. The molecule has 0 radical (unpaired) electrons. The molecular formula is C24H28ClNO8. The van der Waals surface area contributed by atoms with E-state index in [4.69, 9.17) is 20.3 Å². The molecule has 0 spiro atoms. The Labute approximate surface area is 203 Å². The van der Waals surface area contributed by atoms with Gasteiger partial charge in [0.15, 0.2) is 34.6 Å². The average Bonchev–Trinajstić information content (AvgIpc) is 2.78. The van der Waals surface area contributed by atoms with Gasteiger partial charge in [0.1, 0.15) is 6.04 Å². The second-order valence-corrected chi connectivity index (χ2v) is 6.77. The molecule has 0 aliphatic heterocycles. The predicted molar refractivity (Wildman–Crippen MR) is 131 cm³/mol. The molecule has 184 valence electrons. The van der Waals surface area contributed by atoms with Crippen molar-refractivity contribution in [2.45, 2.75) is 19.4 Å². The molecule has 0 unspecified atom stereocenters. The molecule has 0 aliphatic rings. The summed E-state index contributed by atoms with van der Waals surface area (Å²) in [5.41, 5.74) is 6.16. The standard InChI is InChI=1S/C21H20O6.C3H7NO2.ClH/c1-26-20-11-14(5-9-18(20)24)3-7-16(22)13-17(23)8-4-15-6-10-19(25)21(12-15)27-2;1-2(4)3(5)6;/h3-12,24-25H,13H2,1-2H3;2H,4H2,1H3,(H,5,6);1H/t;2-;/m.0./s1. The van der Waals surface area contributed by atoms with Crippen LogP contribution in [-0.2, 0) is 14.4 Å². The number of phenolic OH excluding ortho intramolecular Hbond substituents is 2. The number of benzene rings is 2. The number of aliphatic carboxylic acids is 1. The molecule has 5 N–H and O–H groups in total. The van der Waals surface area contributed by atoms with E-state index in [0.717, 1.165) is 0 Å². The fourth-order valence-electron chi connectivity index (χ4n) is 2.26. The fourth-order valence-corrected chi connectivity index (χ4v) is 2.26. The number of hydrogen-bond donors (Lipinski definition) is 4. The number of nitrogens with two attached hydrogens (primary N) is 1. The summed E-state index contributed by atoms with van der Waals surface area (Å²) >= 11 is 0. The largest absolute Gasteiger partial charge is 0.504 e. The minimum Gasteiger partial charge on any atom is -0.504 e. The Morgan fingerprint density at radius 1 is 0.882 bits per heavy atom. The van der Waals surface area contributed by atoms with Crippen LogP contribution in [0, 0.1) is 0 Å². The maximum absolute atomic E-state index is 11.9. The number of hydrogen-bond acceptors (Lipinski definition) is 8. The Kier molecular flexibility index (Phi) is 13.4. The summed E-state index contributed by atoms with van der Waals surface area (Å²) in [5, 5.41) is 27.0. The minimum atomic E-state index is -0.963. The van der Waals surface area contributed by atoms with Gasteiger partial charge >= 0.3 is 5.97 Å². The van der Waals surface area contributed by atoms with Gasteiger partial charge in [-0.05, 0) is 54.5 Å². The van der Waals surface area contributed by atoms with E-state index in [1.54, 1.807) is 36.4 Å². The molecule has 10 heteroatoms. The Morgan fingerprint density at radius 3 is 1.53 bits per heavy atom. The number of ketones is 2. The highest BCUT2D eigenvalue weighted by molar-refractivity contribution is 6.10. The summed E-state index contributed by atoms with van der Waals surface area (Å²) in [6, 6.07) is 8.61. The van der Waals surface area contributed by atoms with E-state index >= 15 is 0 Å². The van der Waals surface area contributed by atoms with Gasteiger partial charge in [0.25, 0.3) is 0 Å². The van der Waals surface area contributed by atoms with Crippen molar-refractivity contribution in [2.24, 2.45) is 5.73 Å². The first-order valence-corrected chi connectivity index (χ1v) is 9.71. The van der Waals surface area contributed by atoms with E-state index in [1.165, 1.54) is 45.4 Å². The lowest BCUT2D eigenvalue weighted by molar-refractivity contribution is -0.138. The van der Waals surface area contributed by atoms with E-state index in [-0.39, 0.29) is 41.9 Å². The van der Waals surface area contributed by atoms with Crippen LogP contribution in [0.1, 0.15) is 24.5 Å². The van der Waals surface area contributed by atoms with Crippen LogP contribution in [0.4, 0.5) is 0 Å². The van der Waals surface area contributed by atoms with Crippen molar-refractivity contribution in [2.75, 3.05) is 14.2 Å². The van der Waals surface area contributed by atoms with Crippen LogP contribution in [0.15, 0.2) is 48.6 Å². The molecule has 34 heavy (non-hydrogen) atoms. The monoisotopic (exact) mass is 493 g/mol. The minimum absolute atomic E-state index is 0. The zero-order valence-corrected chi connectivity index (χ0v) is 19.7. The molecule has 1 atom stereocenters. The van der Waals surface area contributed by atoms with Crippen LogP contribution in [0.2, 0.25) is 0 Å². The van der Waals surface area contributed by atoms with Crippen LogP contribution in [0.25, 0.3) is 12.2 Å². The summed E-state index contributed by atoms with van der Waals surface area (Å²) < 4.78 is 10.00. The van der Waals surface area contributed by atoms with Crippen molar-refractivity contribution in [1.29, 1.82) is 0 Å². The summed E-state index contributed by atoms with van der Waals surface area (Å²) in [5.74, 6) is -1.05. The van der Waals surface area contributed by atoms with Crippen LogP contribution < -0.4 is 15.2 Å². The van der Waals surface area contributed by atoms with E-state index in [9.17, 15) is 24.6 Å². The van der Waals surface area contributed by atoms with Gasteiger partial charge in [-0.3, -0.25) is 14.4 Å². The van der Waals surface area contributed by atoms with E-state index in [2.05, 4.69) is 0 Å². The lowest BCUT2D eigenvalue weighted by Gasteiger charge is -2.03. The number of rotatable bonds is 9. The number of methoxy groups -OCH3 is 2. The zero-order valence-electron chi connectivity index (χ0n) is 18.9. The lowest BCUT2D eigenvalue weighted by Crippen LogP contribution is -2.25. The van der Waals surface area contributed by atoms with Crippen molar-refractivity contribution in [1.82, 2.24) is 0 Å². The Balaban J connectivity index is 0.00000138. The van der Waals surface area contributed by atoms with Crippen molar-refractivity contribution in [3.8, 4) is 23.0 Å². The van der Waals surface area contributed by atoms with Gasteiger partial charge in [0.05, 0.1) is 20.6 Å². The number of carboxylic acids is 1. The summed E-state index contributed by atoms with van der Waals surface area (Å²) in [4.78, 5) is 33.4. The topological polar surface area (TPSA) is 156 Å². The van der Waals surface area contributed by atoms with Gasteiger partial charge in [0, 0.05) is 0 Å². The average molecular weight is 494 g/mol. The highest BCUT2D eigenvalue weighted by Gasteiger charge is 2.06. The first-order chi connectivity index (χ1) is 15.6. The number of carboxylic acid groups (broad SMARTS) is 1. The highest BCUT2D eigenvalue weighted by Crippen LogP contribution is 2.27. The summed E-state index contributed by atoms with van der Waals surface area (Å²) in [6.07, 6.45) is 5.44. The number of aromatic hydroxyl groups is 2. The third-order valence-electron chi connectivity index (χ3n) is 4.07. The number of phenols is 2. The fraction of sp³-hybridized carbons (Fsp3) is 0.208. The van der Waals surface area contributed by atoms with Crippen molar-refractivity contribution < 1.29 is 39.2 Å². The highest BCUT2D eigenvalue weighted by atomic mass is 35.5. The molecule has 0 aliphatic carbocycles. The Bertz CT molecular complexity index is 974. The molecule has 2 aromatic carbocycles. The van der Waals surface area contributed by atoms with Crippen LogP contribution >= 0.6 is 12.4 Å². The molecule has 9 nitrogen and oxygen atoms in total. The molecule has 0 heterocycles. The van der Waals surface area contributed by atoms with Crippen molar-refractivity contribution >= 4 is 42.1 Å². The number of carbonyl (C=O) groups is 3. The molecule has 0 bridgehead atoms. The SMILES string of the molecule is COc1cc(C=CC(=O)CC(=O)C=Cc2ccc(O)c(OC)c2)ccc1O.C[C@H](N)C(=O)O.Cl. The van der Waals surface area contributed by atoms with E-state index < -0.39 is 12.0 Å². The van der Waals surface area contributed by atoms with E-state index in [0.29, 0.717) is 22.6 Å². The van der Waals surface area contributed by atoms with Crippen molar-refractivity contribution in [3.05, 3.63) is 59.7 Å². The molecule has 0 aromatic heterocycles. The Hall–Kier alpha value is -3.82. The van der Waals surface area contributed by atoms with Gasteiger partial charge in [-0.25, -0.2) is 0 Å². The summed E-state index contributed by atoms with van der Waals surface area (Å²) in [6.45, 7) is 1.42. The first kappa shape index (κ1) is 30.2. The maximum Gasteiger partial charge on any atom is 0.320 e. The van der Waals surface area contributed by atoms with Crippen molar-refractivity contribution in [3.63, 3.8) is 0 Å². The summed E-state index contributed by atoms with van der Waals surface area (Å²) in [7, 11) is 2.87. The van der Waals surface area contributed by atoms with Gasteiger partial charge in [0.2, 0.25) is 0 Å². The van der Waals surface area contributed by atoms with Crippen LogP contribution in [0.5, 0.6) is 23.0 Å². The predicted octanol–water partition coefficient (Wildman–Crippen LogP) is 3.21. The lowest BCUT2D eigenvalue weighted by atomic mass is 10.1. The van der Waals surface area contributed by atoms with Gasteiger partial charge in [-0.2, -0.15) is 0 Å². The normalized spacial score (nSPS) is 11.2. The molecule has 2 aromatic rings. The zero-order chi connectivity index (χ0) is 25.0. The number of carbonyl (C=O) groups excluding carboxylic acids is 2. The number of allylic oxidation sites excluding steroid dienone is 2. The van der Waals surface area contributed by atoms with Gasteiger partial charge in [-0.15, -0.1) is 12.4 Å². The maximum atomic E-state index is 11.9. The first-order valence-electron chi connectivity index (χ1n) is 9.71. The quantitative estimate of drug-likeness (QED) is 0.304. The molecule has 0 saturated heterocycles. The molecule has 0 amide bonds. The molecular weight excluding hydrogens is 466 g/mol. The van der Waals surface area contributed by atoms with Gasteiger partial charge in [-0.1, -0.05) is 24.3 Å². The third-order valence-corrected chi connectivity index (χ3v) is 4.07. The third kappa shape index (κ3) is 10.7. The smallest absolute Gasteiger partial charge is 0.320 e. The van der Waals surface area contributed by atoms with Gasteiger partial charge < -0.3 is 30.5 Å². The molecule has 0 fully saturated rings. The van der Waals surface area contributed by atoms with E-state index in [1.807, 2.05) is 0 Å². The number of halogens is 1.